The Balaban J connectivity index is 1.41. The maximum atomic E-state index is 13.8. The first kappa shape index (κ1) is 27.4. The number of ketones is 2. The molecule has 12 heteroatoms. The van der Waals surface area contributed by atoms with E-state index < -0.39 is 29.9 Å². The molecule has 2 fully saturated rings. The minimum absolute atomic E-state index is 0.128. The Morgan fingerprint density at radius 3 is 1.88 bits per heavy atom. The van der Waals surface area contributed by atoms with Gasteiger partial charge in [0.25, 0.3) is 11.8 Å². The second kappa shape index (κ2) is 11.5. The fraction of sp³-hybridized carbons (Fsp3) is 0.357. The Labute approximate surface area is 234 Å². The smallest absolute Gasteiger partial charge is 0.320 e. The number of urea groups is 1. The number of thioether (sulfide) groups is 1. The molecule has 3 N–H and O–H groups in total. The van der Waals surface area contributed by atoms with Crippen LogP contribution in [-0.2, 0) is 24.0 Å². The number of aliphatic carboxylic acids is 1. The number of rotatable bonds is 11. The molecule has 4 amide bonds. The summed E-state index contributed by atoms with van der Waals surface area (Å²) in [6.07, 6.45) is 2.99. The number of carboxylic acid groups (broad SMARTS) is 1. The molecule has 208 valence electrons. The lowest BCUT2D eigenvalue weighted by Gasteiger charge is -2.24. The number of hydrogen-bond acceptors (Lipinski definition) is 7. The first-order valence-electron chi connectivity index (χ1n) is 13.0. The molecular weight excluding hydrogens is 536 g/mol. The number of nitrogens with zero attached hydrogens (tertiary/aromatic N) is 2. The number of hydrogen-bond donors (Lipinski definition) is 3. The molecule has 0 bridgehead atoms. The number of carboxylic acids is 1. The number of fused-ring (bicyclic) bond motifs is 1. The van der Waals surface area contributed by atoms with Crippen LogP contribution in [0.3, 0.4) is 0 Å². The largest absolute Gasteiger partial charge is 0.481 e. The molecule has 3 aliphatic rings. The highest BCUT2D eigenvalue weighted by molar-refractivity contribution is 8.00. The van der Waals surface area contributed by atoms with E-state index in [2.05, 4.69) is 10.6 Å². The number of anilines is 3. The normalized spacial score (nSPS) is 17.2. The van der Waals surface area contributed by atoms with Crippen molar-refractivity contribution in [1.82, 2.24) is 5.32 Å². The summed E-state index contributed by atoms with van der Waals surface area (Å²) >= 11 is 1.07. The molecule has 0 saturated heterocycles. The van der Waals surface area contributed by atoms with Gasteiger partial charge in [0.1, 0.15) is 0 Å². The average molecular weight is 565 g/mol. The number of para-hydroxylation sites is 2. The molecule has 2 aromatic carbocycles. The molecule has 1 aliphatic heterocycles. The highest BCUT2D eigenvalue weighted by Gasteiger charge is 2.44. The van der Waals surface area contributed by atoms with Gasteiger partial charge in [-0.3, -0.25) is 24.0 Å². The van der Waals surface area contributed by atoms with E-state index in [4.69, 9.17) is 5.11 Å². The van der Waals surface area contributed by atoms with Crippen LogP contribution in [0.2, 0.25) is 0 Å². The van der Waals surface area contributed by atoms with Gasteiger partial charge < -0.3 is 25.5 Å². The third-order valence-corrected chi connectivity index (χ3v) is 7.89. The maximum Gasteiger partial charge on any atom is 0.320 e. The third kappa shape index (κ3) is 6.33. The van der Waals surface area contributed by atoms with E-state index in [9.17, 15) is 28.8 Å². The van der Waals surface area contributed by atoms with Gasteiger partial charge in [0, 0.05) is 22.4 Å². The molecule has 0 spiro atoms. The van der Waals surface area contributed by atoms with Crippen molar-refractivity contribution in [2.45, 2.75) is 36.6 Å². The van der Waals surface area contributed by atoms with Gasteiger partial charge in [-0.2, -0.15) is 0 Å². The molecule has 40 heavy (non-hydrogen) atoms. The van der Waals surface area contributed by atoms with Gasteiger partial charge in [0.15, 0.2) is 17.6 Å². The number of Topliss-reactive ketones (excluding diaryl/α,β-unsaturated/α-hetero) is 2. The van der Waals surface area contributed by atoms with Crippen LogP contribution >= 0.6 is 11.8 Å². The van der Waals surface area contributed by atoms with Crippen molar-refractivity contribution in [3.8, 4) is 0 Å². The van der Waals surface area contributed by atoms with Crippen LogP contribution in [0.15, 0.2) is 53.4 Å². The lowest BCUT2D eigenvalue weighted by molar-refractivity contribution is -0.134. The first-order chi connectivity index (χ1) is 19.2. The zero-order valence-electron chi connectivity index (χ0n) is 21.5. The molecule has 1 heterocycles. The monoisotopic (exact) mass is 564 g/mol. The van der Waals surface area contributed by atoms with Gasteiger partial charge in [0.2, 0.25) is 0 Å². The maximum absolute atomic E-state index is 13.8. The summed E-state index contributed by atoms with van der Waals surface area (Å²) in [5.74, 6) is -3.20. The summed E-state index contributed by atoms with van der Waals surface area (Å²) < 4.78 is 0. The van der Waals surface area contributed by atoms with Crippen molar-refractivity contribution in [3.63, 3.8) is 0 Å². The number of nitrogens with one attached hydrogen (secondary N) is 2. The van der Waals surface area contributed by atoms with E-state index in [1.165, 1.54) is 9.80 Å². The van der Waals surface area contributed by atoms with E-state index in [1.54, 1.807) is 48.5 Å². The Morgan fingerprint density at radius 2 is 1.38 bits per heavy atom. The Bertz CT molecular complexity index is 1320. The number of amides is 4. The van der Waals surface area contributed by atoms with Gasteiger partial charge in [-0.15, -0.1) is 11.8 Å². The van der Waals surface area contributed by atoms with Crippen LogP contribution in [0, 0.1) is 11.8 Å². The van der Waals surface area contributed by atoms with Crippen LogP contribution in [0.25, 0.3) is 0 Å². The van der Waals surface area contributed by atoms with Crippen molar-refractivity contribution in [1.29, 1.82) is 0 Å². The van der Waals surface area contributed by atoms with Crippen molar-refractivity contribution in [2.75, 3.05) is 34.0 Å². The van der Waals surface area contributed by atoms with Crippen molar-refractivity contribution < 1.29 is 33.9 Å². The standard InChI is InChI=1S/C28H28N4O7S/c33-22(16-8-9-16)13-31-20-6-1-2-7-21(20)32(14-23(34)17-10-11-17)27(38)25(26(31)37)30-28(39)29-18-4-3-5-19(12-18)40-15-24(35)36/h1-7,12,16-17,25H,8-11,13-15H2,(H,35,36)(H2,29,30,39). The van der Waals surface area contributed by atoms with Crippen LogP contribution in [0.1, 0.15) is 25.7 Å². The zero-order valence-corrected chi connectivity index (χ0v) is 22.3. The Morgan fingerprint density at radius 1 is 0.825 bits per heavy atom. The minimum Gasteiger partial charge on any atom is -0.481 e. The summed E-state index contributed by atoms with van der Waals surface area (Å²) in [5.41, 5.74) is 0.976. The molecular formula is C28H28N4O7S. The number of carbonyl (C=O) groups is 6. The van der Waals surface area contributed by atoms with Crippen LogP contribution in [0.4, 0.5) is 21.9 Å². The molecule has 2 aliphatic carbocycles. The third-order valence-electron chi connectivity index (χ3n) is 6.91. The fourth-order valence-electron chi connectivity index (χ4n) is 4.51. The lowest BCUT2D eigenvalue weighted by atomic mass is 10.2. The van der Waals surface area contributed by atoms with E-state index in [0.29, 0.717) is 22.0 Å². The van der Waals surface area contributed by atoms with Crippen molar-refractivity contribution >= 4 is 64.2 Å². The van der Waals surface area contributed by atoms with Crippen LogP contribution in [-0.4, -0.2) is 65.4 Å². The predicted octanol–water partition coefficient (Wildman–Crippen LogP) is 2.69. The second-order valence-corrected chi connectivity index (χ2v) is 11.1. The summed E-state index contributed by atoms with van der Waals surface area (Å²) in [4.78, 5) is 80.2. The average Bonchev–Trinajstić information content (AvgIpc) is 3.83. The summed E-state index contributed by atoms with van der Waals surface area (Å²) in [6, 6.07) is 10.6. The summed E-state index contributed by atoms with van der Waals surface area (Å²) in [7, 11) is 0. The topological polar surface area (TPSA) is 153 Å². The van der Waals surface area contributed by atoms with E-state index in [0.717, 1.165) is 37.4 Å². The lowest BCUT2D eigenvalue weighted by Crippen LogP contribution is -2.57. The second-order valence-electron chi connectivity index (χ2n) is 10.1. The highest BCUT2D eigenvalue weighted by Crippen LogP contribution is 2.37. The molecule has 0 radical (unpaired) electrons. The van der Waals surface area contributed by atoms with Crippen LogP contribution < -0.4 is 20.4 Å². The van der Waals surface area contributed by atoms with E-state index >= 15 is 0 Å². The van der Waals surface area contributed by atoms with E-state index in [1.807, 2.05) is 0 Å². The number of carbonyl (C=O) groups excluding carboxylic acids is 5. The first-order valence-corrected chi connectivity index (χ1v) is 14.0. The van der Waals surface area contributed by atoms with Gasteiger partial charge in [0.05, 0.1) is 30.2 Å². The van der Waals surface area contributed by atoms with Gasteiger partial charge in [-0.1, -0.05) is 18.2 Å². The Kier molecular flexibility index (Phi) is 7.88. The minimum atomic E-state index is -1.68. The van der Waals surface area contributed by atoms with Gasteiger partial charge in [-0.25, -0.2) is 4.79 Å². The molecule has 0 atom stereocenters. The zero-order chi connectivity index (χ0) is 28.4. The van der Waals surface area contributed by atoms with E-state index in [-0.39, 0.29) is 42.2 Å². The predicted molar refractivity (Wildman–Crippen MR) is 147 cm³/mol. The molecule has 0 unspecified atom stereocenters. The summed E-state index contributed by atoms with van der Waals surface area (Å²) in [5, 5.41) is 13.9. The van der Waals surface area contributed by atoms with Gasteiger partial charge in [-0.05, 0) is 56.0 Å². The highest BCUT2D eigenvalue weighted by atomic mass is 32.2. The van der Waals surface area contributed by atoms with Gasteiger partial charge >= 0.3 is 12.0 Å². The van der Waals surface area contributed by atoms with Crippen LogP contribution in [0.5, 0.6) is 0 Å². The SMILES string of the molecule is O=C(O)CSc1cccc(NC(=O)NC2C(=O)N(CC(=O)C3CC3)c3ccccc3N(CC(=O)C3CC3)C2=O)c1. The number of benzene rings is 2. The quantitative estimate of drug-likeness (QED) is 0.278. The molecule has 2 saturated carbocycles. The van der Waals surface area contributed by atoms with Crippen molar-refractivity contribution in [2.24, 2.45) is 11.8 Å². The fourth-order valence-corrected chi connectivity index (χ4v) is 5.19. The van der Waals surface area contributed by atoms with Crippen molar-refractivity contribution in [3.05, 3.63) is 48.5 Å². The summed E-state index contributed by atoms with van der Waals surface area (Å²) in [6.45, 7) is -0.498. The Hall–Kier alpha value is -4.19. The molecule has 2 aromatic rings. The molecule has 5 rings (SSSR count). The molecule has 11 nitrogen and oxygen atoms in total. The molecule has 0 aromatic heterocycles.